The first-order chi connectivity index (χ1) is 24.1. The zero-order valence-corrected chi connectivity index (χ0v) is 35.9. The molecule has 0 unspecified atom stereocenters. The van der Waals surface area contributed by atoms with Gasteiger partial charge in [-0.05, 0) is 72.9 Å². The summed E-state index contributed by atoms with van der Waals surface area (Å²) in [6.45, 7) is 6.75. The van der Waals surface area contributed by atoms with Crippen molar-refractivity contribution in [3.8, 4) is 33.8 Å². The van der Waals surface area contributed by atoms with Gasteiger partial charge in [0.1, 0.15) is 11.5 Å². The molecule has 5 heteroatoms. The molecule has 6 aromatic rings. The van der Waals surface area contributed by atoms with Crippen LogP contribution in [0.15, 0.2) is 109 Å². The summed E-state index contributed by atoms with van der Waals surface area (Å²) in [5.41, 5.74) is 8.26. The second kappa shape index (κ2) is 21.8. The van der Waals surface area contributed by atoms with Crippen LogP contribution < -0.4 is 34.3 Å². The van der Waals surface area contributed by atoms with Gasteiger partial charge in [-0.25, -0.2) is 0 Å². The number of halogens is 2. The molecule has 2 aliphatic carbocycles. The minimum absolute atomic E-state index is 0. The van der Waals surface area contributed by atoms with Gasteiger partial charge in [-0.1, -0.05) is 86.1 Å². The summed E-state index contributed by atoms with van der Waals surface area (Å²) >= 11 is 0. The maximum atomic E-state index is 5.28. The Balaban J connectivity index is 0.000000248. The number of hydrogen-bond acceptors (Lipinski definition) is 2. The van der Waals surface area contributed by atoms with Gasteiger partial charge in [0.15, 0.2) is 0 Å². The average molecular weight is 898 g/mol. The van der Waals surface area contributed by atoms with Gasteiger partial charge in [0.2, 0.25) is 0 Å². The average Bonchev–Trinajstić information content (AvgIpc) is 3.82. The van der Waals surface area contributed by atoms with Gasteiger partial charge in [-0.3, -0.25) is 0 Å². The third-order valence-electron chi connectivity index (χ3n) is 10.5. The quantitative estimate of drug-likeness (QED) is 0.127. The number of ether oxygens (including phenoxy) is 2. The van der Waals surface area contributed by atoms with E-state index in [4.69, 9.17) is 9.47 Å². The first-order valence-corrected chi connectivity index (χ1v) is 18.4. The Morgan fingerprint density at radius 1 is 0.538 bits per heavy atom. The van der Waals surface area contributed by atoms with E-state index in [1.807, 2.05) is 24.3 Å². The fourth-order valence-corrected chi connectivity index (χ4v) is 7.90. The Hall–Kier alpha value is -2.85. The fourth-order valence-electron chi connectivity index (χ4n) is 7.90. The number of rotatable bonds is 6. The van der Waals surface area contributed by atoms with Crippen LogP contribution in [0, 0.1) is 13.8 Å². The molecular formula is C47H52Cl2HfO2-6. The van der Waals surface area contributed by atoms with Crippen molar-refractivity contribution in [2.75, 3.05) is 14.2 Å². The van der Waals surface area contributed by atoms with Crippen LogP contribution in [-0.2, 0) is 25.8 Å². The second-order valence-corrected chi connectivity index (χ2v) is 13.7. The Bertz CT molecular complexity index is 1750. The molecule has 2 nitrogen and oxygen atoms in total. The van der Waals surface area contributed by atoms with Crippen LogP contribution in [0.2, 0.25) is 0 Å². The second-order valence-electron chi connectivity index (χ2n) is 13.7. The van der Waals surface area contributed by atoms with E-state index in [0.717, 1.165) is 29.8 Å². The molecule has 2 aliphatic rings. The van der Waals surface area contributed by atoms with Crippen molar-refractivity contribution < 1.29 is 60.1 Å². The molecule has 0 radical (unpaired) electrons. The van der Waals surface area contributed by atoms with Gasteiger partial charge < -0.3 is 54.6 Å². The topological polar surface area (TPSA) is 18.5 Å². The number of fused-ring (bicyclic) bond motifs is 2. The summed E-state index contributed by atoms with van der Waals surface area (Å²) in [6, 6.07) is 39.8. The van der Waals surface area contributed by atoms with Crippen molar-refractivity contribution in [1.29, 1.82) is 0 Å². The summed E-state index contributed by atoms with van der Waals surface area (Å²) in [5.74, 6) is 3.34. The van der Waals surface area contributed by atoms with E-state index >= 15 is 0 Å². The molecule has 0 aromatic heterocycles. The number of hydrogen-bond donors (Lipinski definition) is 0. The van der Waals surface area contributed by atoms with Crippen LogP contribution in [0.1, 0.15) is 93.6 Å². The molecule has 0 spiro atoms. The van der Waals surface area contributed by atoms with Gasteiger partial charge >= 0.3 is 0 Å². The van der Waals surface area contributed by atoms with E-state index < -0.39 is 0 Å². The van der Waals surface area contributed by atoms with Crippen molar-refractivity contribution in [2.24, 2.45) is 0 Å². The molecule has 0 aliphatic heterocycles. The monoisotopic (exact) mass is 898 g/mol. The van der Waals surface area contributed by atoms with Gasteiger partial charge in [0.05, 0.1) is 14.2 Å². The van der Waals surface area contributed by atoms with Crippen LogP contribution in [0.25, 0.3) is 43.8 Å². The molecule has 0 saturated heterocycles. The maximum absolute atomic E-state index is 5.28. The fraction of sp³-hybridized carbons (Fsp3) is 0.319. The Labute approximate surface area is 344 Å². The molecule has 52 heavy (non-hydrogen) atoms. The maximum Gasteiger partial charge on any atom is 0.118 e. The Morgan fingerprint density at radius 3 is 1.21 bits per heavy atom. The molecule has 6 aromatic carbocycles. The zero-order valence-electron chi connectivity index (χ0n) is 30.8. The van der Waals surface area contributed by atoms with E-state index in [9.17, 15) is 0 Å². The normalized spacial score (nSPS) is 14.4. The first kappa shape index (κ1) is 43.6. The molecule has 0 heterocycles. The molecular weight excluding hydrogens is 846 g/mol. The number of methoxy groups -OCH3 is 2. The molecule has 2 fully saturated rings. The molecule has 276 valence electrons. The minimum atomic E-state index is 0. The van der Waals surface area contributed by atoms with Crippen molar-refractivity contribution in [3.05, 3.63) is 134 Å². The molecule has 0 amide bonds. The van der Waals surface area contributed by atoms with Crippen molar-refractivity contribution in [1.82, 2.24) is 0 Å². The predicted molar refractivity (Wildman–Crippen MR) is 210 cm³/mol. The third kappa shape index (κ3) is 10.6. The van der Waals surface area contributed by atoms with E-state index in [-0.39, 0.29) is 50.7 Å². The van der Waals surface area contributed by atoms with Crippen LogP contribution >= 0.6 is 0 Å². The van der Waals surface area contributed by atoms with Crippen molar-refractivity contribution in [3.63, 3.8) is 0 Å². The van der Waals surface area contributed by atoms with Gasteiger partial charge in [-0.2, -0.15) is 12.1 Å². The van der Waals surface area contributed by atoms with E-state index in [1.54, 1.807) is 25.3 Å². The smallest absolute Gasteiger partial charge is 0.118 e. The van der Waals surface area contributed by atoms with E-state index in [2.05, 4.69) is 98.8 Å². The standard InChI is InChI=1S/2C22H23O.C3H6.2ClH.Hf/c2*1-23-20-12-10-17(11-13-20)21-9-5-8-18-14-19(15-22(18)21)16-6-3-2-4-7-16;1-3-2;;;/h2*5,8-16H,2-4,6-7H2,1H3;1-3H2;2*1H;/q2*-1;-2;;;/p-2. The van der Waals surface area contributed by atoms with Crippen LogP contribution in [0.4, 0.5) is 0 Å². The molecule has 0 N–H and O–H groups in total. The van der Waals surface area contributed by atoms with Crippen molar-refractivity contribution >= 4 is 21.5 Å². The van der Waals surface area contributed by atoms with Crippen LogP contribution in [-0.4, -0.2) is 14.2 Å². The Kier molecular flexibility index (Phi) is 18.2. The Morgan fingerprint density at radius 2 is 0.885 bits per heavy atom. The summed E-state index contributed by atoms with van der Waals surface area (Å²) in [6.07, 6.45) is 14.5. The van der Waals surface area contributed by atoms with Gasteiger partial charge in [0, 0.05) is 25.8 Å². The molecule has 0 atom stereocenters. The summed E-state index contributed by atoms with van der Waals surface area (Å²) in [5, 5.41) is 5.52. The molecule has 8 rings (SSSR count). The summed E-state index contributed by atoms with van der Waals surface area (Å²) in [4.78, 5) is 0. The zero-order chi connectivity index (χ0) is 34.0. The van der Waals surface area contributed by atoms with Gasteiger partial charge in [0.25, 0.3) is 0 Å². The van der Waals surface area contributed by atoms with Crippen LogP contribution in [0.5, 0.6) is 11.5 Å². The molecule has 2 saturated carbocycles. The SMILES string of the molecule is COc1ccc(-c2cccc3[cH-]c(C4CCCCC4)cc23)cc1.COc1ccc(-c2cccc3[cH-]c(C4CCCCC4)cc23)cc1.[CH2-]C[CH2-].[Cl-].[Cl-].[Hf]. The number of benzene rings is 4. The van der Waals surface area contributed by atoms with Gasteiger partial charge in [-0.15, -0.1) is 69.1 Å². The third-order valence-corrected chi connectivity index (χ3v) is 10.5. The van der Waals surface area contributed by atoms with E-state index in [1.165, 1.54) is 108 Å². The summed E-state index contributed by atoms with van der Waals surface area (Å²) < 4.78 is 10.6. The first-order valence-electron chi connectivity index (χ1n) is 18.4. The molecule has 0 bridgehead atoms. The van der Waals surface area contributed by atoms with Crippen LogP contribution in [0.3, 0.4) is 0 Å². The largest absolute Gasteiger partial charge is 1.00 e. The van der Waals surface area contributed by atoms with Crippen molar-refractivity contribution in [2.45, 2.75) is 82.5 Å². The predicted octanol–water partition coefficient (Wildman–Crippen LogP) is 7.61. The minimum Gasteiger partial charge on any atom is -1.00 e. The summed E-state index contributed by atoms with van der Waals surface area (Å²) in [7, 11) is 3.42. The van der Waals surface area contributed by atoms with E-state index in [0.29, 0.717) is 0 Å².